The normalized spacial score (nSPS) is 20.0. The van der Waals surface area contributed by atoms with Gasteiger partial charge in [-0.15, -0.1) is 0 Å². The summed E-state index contributed by atoms with van der Waals surface area (Å²) in [6.07, 6.45) is 0.925. The van der Waals surface area contributed by atoms with E-state index in [-0.39, 0.29) is 22.3 Å². The van der Waals surface area contributed by atoms with Gasteiger partial charge in [0.15, 0.2) is 0 Å². The number of carboxylic acids is 1. The Bertz CT molecular complexity index is 655. The van der Waals surface area contributed by atoms with Crippen molar-refractivity contribution in [3.05, 3.63) is 28.8 Å². The minimum Gasteiger partial charge on any atom is -0.480 e. The lowest BCUT2D eigenvalue weighted by Crippen LogP contribution is -2.42. The molecule has 2 rings (SSSR count). The molecule has 1 aliphatic heterocycles. The van der Waals surface area contributed by atoms with Crippen LogP contribution < -0.4 is 4.72 Å². The topological polar surface area (TPSA) is 92.7 Å². The fourth-order valence-electron chi connectivity index (χ4n) is 2.37. The molecule has 0 aliphatic carbocycles. The molecule has 0 spiro atoms. The van der Waals surface area contributed by atoms with Gasteiger partial charge in [0.25, 0.3) is 0 Å². The number of rotatable bonds is 6. The van der Waals surface area contributed by atoms with E-state index in [1.165, 1.54) is 12.1 Å². The number of carbonyl (C=O) groups is 1. The summed E-state index contributed by atoms with van der Waals surface area (Å²) in [5, 5.41) is 9.33. The van der Waals surface area contributed by atoms with E-state index in [9.17, 15) is 18.3 Å². The number of aryl methyl sites for hydroxylation is 1. The molecule has 2 atom stereocenters. The lowest BCUT2D eigenvalue weighted by Gasteiger charge is -2.18. The number of hydrogen-bond donors (Lipinski definition) is 2. The van der Waals surface area contributed by atoms with Crippen molar-refractivity contribution in [1.29, 1.82) is 0 Å². The molecule has 0 saturated carbocycles. The lowest BCUT2D eigenvalue weighted by atomic mass is 10.00. The molecule has 1 aliphatic rings. The standard InChI is InChI=1S/C14H18ClNO5S/c1-9-2-3-11(15)13(6-9)22(19,20)16-12(14(17)18)7-10-4-5-21-8-10/h2-3,6,10,12,16H,4-5,7-8H2,1H3,(H,17,18). The molecule has 6 nitrogen and oxygen atoms in total. The van der Waals surface area contributed by atoms with Gasteiger partial charge in [0, 0.05) is 13.2 Å². The van der Waals surface area contributed by atoms with E-state index in [2.05, 4.69) is 4.72 Å². The molecule has 1 saturated heterocycles. The maximum atomic E-state index is 12.4. The number of ether oxygens (including phenoxy) is 1. The van der Waals surface area contributed by atoms with Crippen molar-refractivity contribution in [1.82, 2.24) is 4.72 Å². The Morgan fingerprint density at radius 2 is 2.27 bits per heavy atom. The summed E-state index contributed by atoms with van der Waals surface area (Å²) in [6, 6.07) is 3.38. The lowest BCUT2D eigenvalue weighted by molar-refractivity contribution is -0.139. The first-order valence-electron chi connectivity index (χ1n) is 6.88. The molecule has 2 N–H and O–H groups in total. The second-order valence-electron chi connectivity index (χ2n) is 5.41. The van der Waals surface area contributed by atoms with E-state index in [0.29, 0.717) is 13.2 Å². The minimum absolute atomic E-state index is 0.0387. The van der Waals surface area contributed by atoms with Gasteiger partial charge >= 0.3 is 5.97 Å². The summed E-state index contributed by atoms with van der Waals surface area (Å²) in [7, 11) is -4.00. The van der Waals surface area contributed by atoms with Crippen LogP contribution >= 0.6 is 11.6 Å². The first-order valence-corrected chi connectivity index (χ1v) is 8.75. The van der Waals surface area contributed by atoms with Crippen LogP contribution in [0.4, 0.5) is 0 Å². The SMILES string of the molecule is Cc1ccc(Cl)c(S(=O)(=O)NC(CC2CCOC2)C(=O)O)c1. The third-order valence-corrected chi connectivity index (χ3v) is 5.52. The quantitative estimate of drug-likeness (QED) is 0.818. The summed E-state index contributed by atoms with van der Waals surface area (Å²) in [6.45, 7) is 2.77. The molecule has 1 aromatic carbocycles. The summed E-state index contributed by atoms with van der Waals surface area (Å²) < 4.78 is 32.2. The van der Waals surface area contributed by atoms with E-state index in [1.54, 1.807) is 13.0 Å². The smallest absolute Gasteiger partial charge is 0.321 e. The number of hydrogen-bond acceptors (Lipinski definition) is 4. The van der Waals surface area contributed by atoms with Gasteiger partial charge in [0.1, 0.15) is 10.9 Å². The van der Waals surface area contributed by atoms with Gasteiger partial charge in [-0.3, -0.25) is 4.79 Å². The third kappa shape index (κ3) is 4.19. The second kappa shape index (κ2) is 6.95. The van der Waals surface area contributed by atoms with Crippen LogP contribution in [0.5, 0.6) is 0 Å². The van der Waals surface area contributed by atoms with Crippen LogP contribution in [0.3, 0.4) is 0 Å². The molecule has 0 radical (unpaired) electrons. The number of aliphatic carboxylic acids is 1. The molecule has 8 heteroatoms. The zero-order chi connectivity index (χ0) is 16.3. The van der Waals surface area contributed by atoms with Crippen molar-refractivity contribution in [2.24, 2.45) is 5.92 Å². The van der Waals surface area contributed by atoms with E-state index < -0.39 is 22.0 Å². The zero-order valence-corrected chi connectivity index (χ0v) is 13.7. The van der Waals surface area contributed by atoms with Gasteiger partial charge in [-0.2, -0.15) is 4.72 Å². The van der Waals surface area contributed by atoms with Gasteiger partial charge in [-0.1, -0.05) is 17.7 Å². The van der Waals surface area contributed by atoms with Gasteiger partial charge in [-0.05, 0) is 43.4 Å². The van der Waals surface area contributed by atoms with Crippen molar-refractivity contribution in [2.45, 2.75) is 30.7 Å². The number of sulfonamides is 1. The molecule has 1 heterocycles. The Morgan fingerprint density at radius 1 is 1.55 bits per heavy atom. The van der Waals surface area contributed by atoms with Crippen LogP contribution in [0.2, 0.25) is 5.02 Å². The van der Waals surface area contributed by atoms with Crippen LogP contribution in [0.1, 0.15) is 18.4 Å². The highest BCUT2D eigenvalue weighted by Crippen LogP contribution is 2.24. The fraction of sp³-hybridized carbons (Fsp3) is 0.500. The summed E-state index contributed by atoms with van der Waals surface area (Å²) in [5.41, 5.74) is 0.723. The molecule has 22 heavy (non-hydrogen) atoms. The Hall–Kier alpha value is -1.15. The van der Waals surface area contributed by atoms with Crippen molar-refractivity contribution < 1.29 is 23.1 Å². The number of nitrogens with one attached hydrogen (secondary N) is 1. The largest absolute Gasteiger partial charge is 0.480 e. The van der Waals surface area contributed by atoms with Crippen LogP contribution in [0, 0.1) is 12.8 Å². The van der Waals surface area contributed by atoms with E-state index in [1.807, 2.05) is 0 Å². The van der Waals surface area contributed by atoms with Crippen LogP contribution in [0.25, 0.3) is 0 Å². The molecule has 1 aromatic rings. The molecular weight excluding hydrogens is 330 g/mol. The maximum absolute atomic E-state index is 12.4. The molecule has 0 aromatic heterocycles. The van der Waals surface area contributed by atoms with E-state index in [0.717, 1.165) is 12.0 Å². The first kappa shape index (κ1) is 17.2. The Labute approximate surface area is 134 Å². The second-order valence-corrected chi connectivity index (χ2v) is 7.50. The number of halogens is 1. The predicted molar refractivity (Wildman–Crippen MR) is 81.5 cm³/mol. The molecule has 1 fully saturated rings. The molecule has 0 bridgehead atoms. The highest BCUT2D eigenvalue weighted by atomic mass is 35.5. The fourth-order valence-corrected chi connectivity index (χ4v) is 4.16. The average Bonchev–Trinajstić information content (AvgIpc) is 2.93. The molecule has 122 valence electrons. The summed E-state index contributed by atoms with van der Waals surface area (Å²) >= 11 is 5.93. The number of carboxylic acid groups (broad SMARTS) is 1. The van der Waals surface area contributed by atoms with Crippen molar-refractivity contribution in [3.8, 4) is 0 Å². The Kier molecular flexibility index (Phi) is 5.44. The van der Waals surface area contributed by atoms with Crippen molar-refractivity contribution in [2.75, 3.05) is 13.2 Å². The van der Waals surface area contributed by atoms with E-state index >= 15 is 0 Å². The van der Waals surface area contributed by atoms with Gasteiger partial charge in [-0.25, -0.2) is 8.42 Å². The molecular formula is C14H18ClNO5S. The first-order chi connectivity index (χ1) is 10.3. The molecule has 0 amide bonds. The predicted octanol–water partition coefficient (Wildman–Crippen LogP) is 1.81. The van der Waals surface area contributed by atoms with Crippen molar-refractivity contribution >= 4 is 27.6 Å². The average molecular weight is 348 g/mol. The minimum atomic E-state index is -4.00. The van der Waals surface area contributed by atoms with Crippen LogP contribution in [-0.4, -0.2) is 38.7 Å². The van der Waals surface area contributed by atoms with Gasteiger partial charge < -0.3 is 9.84 Å². The number of benzene rings is 1. The highest BCUT2D eigenvalue weighted by molar-refractivity contribution is 7.89. The monoisotopic (exact) mass is 347 g/mol. The van der Waals surface area contributed by atoms with E-state index in [4.69, 9.17) is 16.3 Å². The van der Waals surface area contributed by atoms with Gasteiger partial charge in [0.05, 0.1) is 5.02 Å². The zero-order valence-electron chi connectivity index (χ0n) is 12.1. The summed E-state index contributed by atoms with van der Waals surface area (Å²) in [4.78, 5) is 11.2. The third-order valence-electron chi connectivity index (χ3n) is 3.56. The highest BCUT2D eigenvalue weighted by Gasteiger charge is 2.30. The molecule has 2 unspecified atom stereocenters. The van der Waals surface area contributed by atoms with Gasteiger partial charge in [0.2, 0.25) is 10.0 Å². The summed E-state index contributed by atoms with van der Waals surface area (Å²) in [5.74, 6) is -1.17. The van der Waals surface area contributed by atoms with Crippen LogP contribution in [0.15, 0.2) is 23.1 Å². The Balaban J connectivity index is 2.20. The Morgan fingerprint density at radius 3 is 2.86 bits per heavy atom. The van der Waals surface area contributed by atoms with Crippen LogP contribution in [-0.2, 0) is 19.6 Å². The van der Waals surface area contributed by atoms with Crippen molar-refractivity contribution in [3.63, 3.8) is 0 Å². The maximum Gasteiger partial charge on any atom is 0.321 e.